The molecular formula is C22H28N4O2. The van der Waals surface area contributed by atoms with Gasteiger partial charge >= 0.3 is 0 Å². The van der Waals surface area contributed by atoms with Crippen LogP contribution in [0.5, 0.6) is 0 Å². The number of hydrogen-bond donors (Lipinski definition) is 0. The van der Waals surface area contributed by atoms with Crippen molar-refractivity contribution in [3.63, 3.8) is 0 Å². The van der Waals surface area contributed by atoms with Crippen LogP contribution in [0.2, 0.25) is 0 Å². The van der Waals surface area contributed by atoms with Crippen molar-refractivity contribution in [1.82, 2.24) is 15.0 Å². The molecule has 148 valence electrons. The molecule has 0 spiro atoms. The van der Waals surface area contributed by atoms with E-state index in [1.54, 1.807) is 6.33 Å². The Hall–Kier alpha value is -2.21. The van der Waals surface area contributed by atoms with E-state index in [-0.39, 0.29) is 5.60 Å². The van der Waals surface area contributed by atoms with E-state index in [9.17, 15) is 0 Å². The van der Waals surface area contributed by atoms with Gasteiger partial charge in [0.05, 0.1) is 23.3 Å². The second-order valence-electron chi connectivity index (χ2n) is 9.19. The lowest BCUT2D eigenvalue weighted by Gasteiger charge is -2.33. The molecule has 0 aliphatic carbocycles. The van der Waals surface area contributed by atoms with Gasteiger partial charge in [0.15, 0.2) is 11.4 Å². The molecule has 3 aromatic rings. The minimum absolute atomic E-state index is 0.204. The lowest BCUT2D eigenvalue weighted by molar-refractivity contribution is -0.0402. The van der Waals surface area contributed by atoms with Crippen molar-refractivity contribution in [3.05, 3.63) is 23.1 Å². The van der Waals surface area contributed by atoms with Gasteiger partial charge in [-0.1, -0.05) is 13.8 Å². The Morgan fingerprint density at radius 2 is 1.93 bits per heavy atom. The molecule has 3 aromatic heterocycles. The quantitative estimate of drug-likeness (QED) is 0.670. The number of fused-ring (bicyclic) bond motifs is 5. The number of rotatable bonds is 3. The molecule has 6 nitrogen and oxygen atoms in total. The third-order valence-corrected chi connectivity index (χ3v) is 5.90. The molecule has 5 rings (SSSR count). The van der Waals surface area contributed by atoms with Crippen molar-refractivity contribution in [2.75, 3.05) is 18.0 Å². The monoisotopic (exact) mass is 380 g/mol. The smallest absolute Gasteiger partial charge is 0.229 e. The fourth-order valence-corrected chi connectivity index (χ4v) is 4.57. The average Bonchev–Trinajstić information content (AvgIpc) is 3.27. The van der Waals surface area contributed by atoms with Gasteiger partial charge in [-0.05, 0) is 44.6 Å². The van der Waals surface area contributed by atoms with Gasteiger partial charge in [0, 0.05) is 25.1 Å². The van der Waals surface area contributed by atoms with Crippen LogP contribution in [0.3, 0.4) is 0 Å². The van der Waals surface area contributed by atoms with E-state index in [1.807, 2.05) is 0 Å². The van der Waals surface area contributed by atoms with Crippen LogP contribution >= 0.6 is 0 Å². The first kappa shape index (κ1) is 17.9. The summed E-state index contributed by atoms with van der Waals surface area (Å²) >= 11 is 0. The molecule has 2 aliphatic rings. The minimum Gasteiger partial charge on any atom is -0.432 e. The molecule has 28 heavy (non-hydrogen) atoms. The van der Waals surface area contributed by atoms with E-state index in [2.05, 4.69) is 42.6 Å². The SMILES string of the molecule is CC(C)Cc1nc2oc3c(N4CCCC4)ncnc3c2c2c1COC(C)(C)C2. The van der Waals surface area contributed by atoms with Crippen LogP contribution in [0.25, 0.3) is 22.2 Å². The van der Waals surface area contributed by atoms with Gasteiger partial charge in [0.1, 0.15) is 11.8 Å². The van der Waals surface area contributed by atoms with Crippen molar-refractivity contribution in [3.8, 4) is 0 Å². The number of nitrogens with zero attached hydrogens (tertiary/aromatic N) is 4. The van der Waals surface area contributed by atoms with E-state index in [1.165, 1.54) is 24.0 Å². The van der Waals surface area contributed by atoms with Gasteiger partial charge in [0.2, 0.25) is 5.71 Å². The second-order valence-corrected chi connectivity index (χ2v) is 9.19. The molecule has 2 aliphatic heterocycles. The van der Waals surface area contributed by atoms with Crippen molar-refractivity contribution < 1.29 is 9.15 Å². The zero-order chi connectivity index (χ0) is 19.5. The van der Waals surface area contributed by atoms with E-state index in [4.69, 9.17) is 14.1 Å². The highest BCUT2D eigenvalue weighted by Crippen LogP contribution is 2.40. The third kappa shape index (κ3) is 2.85. The average molecular weight is 380 g/mol. The van der Waals surface area contributed by atoms with Crippen molar-refractivity contribution in [2.24, 2.45) is 5.92 Å². The summed E-state index contributed by atoms with van der Waals surface area (Å²) in [6, 6.07) is 0. The lowest BCUT2D eigenvalue weighted by Crippen LogP contribution is -2.33. The molecule has 5 heterocycles. The molecule has 0 atom stereocenters. The first-order chi connectivity index (χ1) is 13.4. The van der Waals surface area contributed by atoms with E-state index >= 15 is 0 Å². The van der Waals surface area contributed by atoms with E-state index in [0.717, 1.165) is 53.9 Å². The molecule has 0 bridgehead atoms. The Morgan fingerprint density at radius 3 is 2.68 bits per heavy atom. The summed E-state index contributed by atoms with van der Waals surface area (Å²) in [5.74, 6) is 1.43. The Labute approximate surface area is 165 Å². The highest BCUT2D eigenvalue weighted by molar-refractivity contribution is 6.06. The molecule has 1 saturated heterocycles. The highest BCUT2D eigenvalue weighted by Gasteiger charge is 2.33. The molecular weight excluding hydrogens is 352 g/mol. The summed E-state index contributed by atoms with van der Waals surface area (Å²) in [7, 11) is 0. The Bertz CT molecular complexity index is 1050. The number of furan rings is 1. The fraction of sp³-hybridized carbons (Fsp3) is 0.591. The molecule has 0 N–H and O–H groups in total. The summed E-state index contributed by atoms with van der Waals surface area (Å²) in [5, 5.41) is 1.05. The first-order valence-corrected chi connectivity index (χ1v) is 10.4. The van der Waals surface area contributed by atoms with Crippen LogP contribution in [0, 0.1) is 5.92 Å². The van der Waals surface area contributed by atoms with Crippen molar-refractivity contribution in [2.45, 2.75) is 65.6 Å². The van der Waals surface area contributed by atoms with Gasteiger partial charge in [-0.2, -0.15) is 0 Å². The number of pyridine rings is 1. The van der Waals surface area contributed by atoms with Crippen LogP contribution in [0.1, 0.15) is 57.4 Å². The number of anilines is 1. The van der Waals surface area contributed by atoms with Crippen LogP contribution in [0.15, 0.2) is 10.7 Å². The molecule has 0 aromatic carbocycles. The van der Waals surface area contributed by atoms with Crippen LogP contribution in [-0.4, -0.2) is 33.6 Å². The molecule has 0 unspecified atom stereocenters. The van der Waals surface area contributed by atoms with Crippen LogP contribution < -0.4 is 4.90 Å². The van der Waals surface area contributed by atoms with Gasteiger partial charge in [0.25, 0.3) is 0 Å². The first-order valence-electron chi connectivity index (χ1n) is 10.4. The zero-order valence-corrected chi connectivity index (χ0v) is 17.2. The maximum absolute atomic E-state index is 6.33. The predicted octanol–water partition coefficient (Wildman–Crippen LogP) is 4.42. The van der Waals surface area contributed by atoms with Crippen molar-refractivity contribution in [1.29, 1.82) is 0 Å². The maximum Gasteiger partial charge on any atom is 0.229 e. The van der Waals surface area contributed by atoms with Crippen molar-refractivity contribution >= 4 is 28.0 Å². The van der Waals surface area contributed by atoms with Gasteiger partial charge in [-0.15, -0.1) is 0 Å². The summed E-state index contributed by atoms with van der Waals surface area (Å²) in [4.78, 5) is 16.5. The number of hydrogen-bond acceptors (Lipinski definition) is 6. The van der Waals surface area contributed by atoms with Gasteiger partial charge in [-0.3, -0.25) is 0 Å². The minimum atomic E-state index is -0.204. The zero-order valence-electron chi connectivity index (χ0n) is 17.2. The number of aromatic nitrogens is 3. The van der Waals surface area contributed by atoms with Gasteiger partial charge < -0.3 is 14.1 Å². The fourth-order valence-electron chi connectivity index (χ4n) is 4.57. The molecule has 0 amide bonds. The Morgan fingerprint density at radius 1 is 1.14 bits per heavy atom. The second kappa shape index (κ2) is 6.41. The number of ether oxygens (including phenoxy) is 1. The highest BCUT2D eigenvalue weighted by atomic mass is 16.5. The summed E-state index contributed by atoms with van der Waals surface area (Å²) in [6.07, 6.45) is 5.82. The summed E-state index contributed by atoms with van der Waals surface area (Å²) in [5.41, 5.74) is 5.78. The topological polar surface area (TPSA) is 64.3 Å². The summed E-state index contributed by atoms with van der Waals surface area (Å²) < 4.78 is 12.5. The van der Waals surface area contributed by atoms with E-state index < -0.39 is 0 Å². The standard InChI is InChI=1S/C22H28N4O2/c1-13(2)9-16-15-11-27-22(3,4)10-14(15)17-18-19(28-21(17)25-16)20(24-12-23-18)26-7-5-6-8-26/h12-13H,5-11H2,1-4H3. The third-order valence-electron chi connectivity index (χ3n) is 5.90. The molecule has 6 heteroatoms. The van der Waals surface area contributed by atoms with Crippen LogP contribution in [0.4, 0.5) is 5.82 Å². The van der Waals surface area contributed by atoms with Crippen LogP contribution in [-0.2, 0) is 24.2 Å². The summed E-state index contributed by atoms with van der Waals surface area (Å²) in [6.45, 7) is 11.4. The normalized spacial score (nSPS) is 19.1. The van der Waals surface area contributed by atoms with Gasteiger partial charge in [-0.25, -0.2) is 15.0 Å². The maximum atomic E-state index is 6.33. The molecule has 0 radical (unpaired) electrons. The predicted molar refractivity (Wildman–Crippen MR) is 110 cm³/mol. The van der Waals surface area contributed by atoms with E-state index in [0.29, 0.717) is 18.2 Å². The lowest BCUT2D eigenvalue weighted by atomic mass is 9.88. The molecule has 0 saturated carbocycles. The largest absolute Gasteiger partial charge is 0.432 e. The Kier molecular flexibility index (Phi) is 4.09. The Balaban J connectivity index is 1.79. The molecule has 1 fully saturated rings.